The number of benzene rings is 1. The van der Waals surface area contributed by atoms with Crippen molar-refractivity contribution in [1.82, 2.24) is 0 Å². The number of hydrogen-bond acceptors (Lipinski definition) is 0. The summed E-state index contributed by atoms with van der Waals surface area (Å²) in [7, 11) is 0. The molecule has 1 aromatic carbocycles. The van der Waals surface area contributed by atoms with Crippen molar-refractivity contribution in [3.63, 3.8) is 0 Å². The molecule has 0 aliphatic heterocycles. The zero-order chi connectivity index (χ0) is 10.1. The molecule has 0 bridgehead atoms. The zero-order valence-corrected chi connectivity index (χ0v) is 9.52. The predicted molar refractivity (Wildman–Crippen MR) is 59.3 cm³/mol. The third kappa shape index (κ3) is 2.47. The van der Waals surface area contributed by atoms with E-state index in [1.165, 1.54) is 5.56 Å². The molecule has 0 unspecified atom stereocenters. The van der Waals surface area contributed by atoms with Crippen LogP contribution < -0.4 is 0 Å². The Morgan fingerprint density at radius 1 is 1.15 bits per heavy atom. The molecule has 1 aromatic rings. The summed E-state index contributed by atoms with van der Waals surface area (Å²) in [5.41, 5.74) is 1.52. The molecule has 0 aliphatic rings. The first-order valence-corrected chi connectivity index (χ1v) is 5.05. The molecule has 72 valence electrons. The standard InChI is InChI=1S/C12H17Cl/c1-9(12(2,3)4)10-7-5-6-8-11(10)13/h5-9H,1-4H3/t9-/m0/s1. The summed E-state index contributed by atoms with van der Waals surface area (Å²) in [5, 5.41) is 0.880. The lowest BCUT2D eigenvalue weighted by molar-refractivity contribution is 0.339. The second-order valence-electron chi connectivity index (χ2n) is 4.61. The minimum atomic E-state index is 0.269. The minimum absolute atomic E-state index is 0.269. The molecule has 0 saturated carbocycles. The first-order chi connectivity index (χ1) is 5.93. The molecular formula is C12H17Cl. The van der Waals surface area contributed by atoms with Crippen LogP contribution in [-0.4, -0.2) is 0 Å². The molecule has 0 heterocycles. The highest BCUT2D eigenvalue weighted by atomic mass is 35.5. The molecule has 1 heteroatoms. The molecular weight excluding hydrogens is 180 g/mol. The van der Waals surface area contributed by atoms with E-state index in [1.54, 1.807) is 0 Å². The lowest BCUT2D eigenvalue weighted by Gasteiger charge is -2.28. The van der Waals surface area contributed by atoms with Gasteiger partial charge >= 0.3 is 0 Å². The van der Waals surface area contributed by atoms with Crippen molar-refractivity contribution in [2.45, 2.75) is 33.6 Å². The fourth-order valence-corrected chi connectivity index (χ4v) is 1.59. The summed E-state index contributed by atoms with van der Waals surface area (Å²) in [6, 6.07) is 8.09. The van der Waals surface area contributed by atoms with Crippen LogP contribution >= 0.6 is 11.6 Å². The van der Waals surface area contributed by atoms with Gasteiger partial charge in [-0.3, -0.25) is 0 Å². The number of hydrogen-bond donors (Lipinski definition) is 0. The molecule has 1 atom stereocenters. The van der Waals surface area contributed by atoms with Gasteiger partial charge in [-0.15, -0.1) is 0 Å². The van der Waals surface area contributed by atoms with Gasteiger partial charge in [-0.25, -0.2) is 0 Å². The molecule has 0 amide bonds. The van der Waals surface area contributed by atoms with E-state index in [0.717, 1.165) is 5.02 Å². The van der Waals surface area contributed by atoms with Crippen molar-refractivity contribution < 1.29 is 0 Å². The average Bonchev–Trinajstić information content (AvgIpc) is 2.02. The van der Waals surface area contributed by atoms with Crippen LogP contribution in [0.1, 0.15) is 39.2 Å². The summed E-state index contributed by atoms with van der Waals surface area (Å²) in [4.78, 5) is 0. The normalized spacial score (nSPS) is 14.2. The Morgan fingerprint density at radius 2 is 1.69 bits per heavy atom. The quantitative estimate of drug-likeness (QED) is 0.621. The van der Waals surface area contributed by atoms with Gasteiger partial charge in [-0.05, 0) is 23.0 Å². The van der Waals surface area contributed by atoms with Gasteiger partial charge in [0.05, 0.1) is 0 Å². The molecule has 13 heavy (non-hydrogen) atoms. The topological polar surface area (TPSA) is 0 Å². The summed E-state index contributed by atoms with van der Waals surface area (Å²) in [6.07, 6.45) is 0. The minimum Gasteiger partial charge on any atom is -0.0840 e. The van der Waals surface area contributed by atoms with Gasteiger partial charge < -0.3 is 0 Å². The highest BCUT2D eigenvalue weighted by molar-refractivity contribution is 6.31. The molecule has 0 saturated heterocycles. The van der Waals surface area contributed by atoms with Crippen molar-refractivity contribution in [2.24, 2.45) is 5.41 Å². The predicted octanol–water partition coefficient (Wildman–Crippen LogP) is 4.49. The third-order valence-corrected chi connectivity index (χ3v) is 3.01. The van der Waals surface area contributed by atoms with Gasteiger partial charge in [-0.2, -0.15) is 0 Å². The Balaban J connectivity index is 3.02. The zero-order valence-electron chi connectivity index (χ0n) is 8.76. The second kappa shape index (κ2) is 3.71. The molecule has 0 spiro atoms. The Kier molecular flexibility index (Phi) is 3.02. The smallest absolute Gasteiger partial charge is 0.0440 e. The first kappa shape index (κ1) is 10.6. The van der Waals surface area contributed by atoms with Crippen LogP contribution in [0.3, 0.4) is 0 Å². The van der Waals surface area contributed by atoms with E-state index in [4.69, 9.17) is 11.6 Å². The molecule has 1 rings (SSSR count). The number of halogens is 1. The van der Waals surface area contributed by atoms with Crippen LogP contribution in [0.25, 0.3) is 0 Å². The van der Waals surface area contributed by atoms with Crippen molar-refractivity contribution in [2.75, 3.05) is 0 Å². The third-order valence-electron chi connectivity index (χ3n) is 2.67. The fourth-order valence-electron chi connectivity index (χ4n) is 1.29. The van der Waals surface area contributed by atoms with Crippen molar-refractivity contribution in [3.8, 4) is 0 Å². The number of rotatable bonds is 1. The lowest BCUT2D eigenvalue weighted by Crippen LogP contribution is -2.15. The molecule has 0 aliphatic carbocycles. The van der Waals surface area contributed by atoms with Crippen molar-refractivity contribution >= 4 is 11.6 Å². The lowest BCUT2D eigenvalue weighted by atomic mass is 9.78. The monoisotopic (exact) mass is 196 g/mol. The van der Waals surface area contributed by atoms with Crippen LogP contribution in [0.2, 0.25) is 5.02 Å². The maximum Gasteiger partial charge on any atom is 0.0440 e. The largest absolute Gasteiger partial charge is 0.0840 e. The van der Waals surface area contributed by atoms with Crippen LogP contribution in [0.4, 0.5) is 0 Å². The average molecular weight is 197 g/mol. The molecule has 0 aromatic heterocycles. The van der Waals surface area contributed by atoms with E-state index < -0.39 is 0 Å². The van der Waals surface area contributed by atoms with E-state index in [1.807, 2.05) is 18.2 Å². The molecule has 0 fully saturated rings. The Morgan fingerprint density at radius 3 is 2.15 bits per heavy atom. The van der Waals surface area contributed by atoms with Crippen LogP contribution in [0.5, 0.6) is 0 Å². The van der Waals surface area contributed by atoms with Crippen molar-refractivity contribution in [3.05, 3.63) is 34.9 Å². The van der Waals surface area contributed by atoms with Gasteiger partial charge in [0.15, 0.2) is 0 Å². The van der Waals surface area contributed by atoms with E-state index >= 15 is 0 Å². The molecule has 0 N–H and O–H groups in total. The Bertz CT molecular complexity index is 283. The van der Waals surface area contributed by atoms with Gasteiger partial charge in [0.2, 0.25) is 0 Å². The van der Waals surface area contributed by atoms with Gasteiger partial charge in [0, 0.05) is 5.02 Å². The van der Waals surface area contributed by atoms with Gasteiger partial charge in [0.25, 0.3) is 0 Å². The summed E-state index contributed by atoms with van der Waals surface area (Å²) in [6.45, 7) is 8.93. The maximum absolute atomic E-state index is 6.13. The summed E-state index contributed by atoms with van der Waals surface area (Å²) < 4.78 is 0. The summed E-state index contributed by atoms with van der Waals surface area (Å²) >= 11 is 6.13. The Labute approximate surface area is 85.9 Å². The van der Waals surface area contributed by atoms with E-state index in [9.17, 15) is 0 Å². The van der Waals surface area contributed by atoms with Gasteiger partial charge in [-0.1, -0.05) is 57.5 Å². The van der Waals surface area contributed by atoms with Crippen LogP contribution in [0, 0.1) is 5.41 Å². The molecule has 0 nitrogen and oxygen atoms in total. The first-order valence-electron chi connectivity index (χ1n) is 4.67. The van der Waals surface area contributed by atoms with E-state index in [-0.39, 0.29) is 5.41 Å². The second-order valence-corrected chi connectivity index (χ2v) is 5.02. The fraction of sp³-hybridized carbons (Fsp3) is 0.500. The maximum atomic E-state index is 6.13. The SMILES string of the molecule is C[C@@H](c1ccccc1Cl)C(C)(C)C. The highest BCUT2D eigenvalue weighted by Crippen LogP contribution is 2.37. The highest BCUT2D eigenvalue weighted by Gasteiger charge is 2.22. The van der Waals surface area contributed by atoms with Crippen LogP contribution in [0.15, 0.2) is 24.3 Å². The van der Waals surface area contributed by atoms with E-state index in [2.05, 4.69) is 33.8 Å². The molecule has 0 radical (unpaired) electrons. The van der Waals surface area contributed by atoms with Crippen molar-refractivity contribution in [1.29, 1.82) is 0 Å². The summed E-state index contributed by atoms with van der Waals surface area (Å²) in [5.74, 6) is 0.487. The van der Waals surface area contributed by atoms with Gasteiger partial charge in [0.1, 0.15) is 0 Å². The van der Waals surface area contributed by atoms with Crippen LogP contribution in [-0.2, 0) is 0 Å². The van der Waals surface area contributed by atoms with E-state index in [0.29, 0.717) is 5.92 Å². The Hall–Kier alpha value is -0.490.